The summed E-state index contributed by atoms with van der Waals surface area (Å²) in [4.78, 5) is 37.7. The molecule has 1 amide bonds. The van der Waals surface area contributed by atoms with Crippen LogP contribution in [0.25, 0.3) is 11.0 Å². The molecule has 1 N–H and O–H groups in total. The zero-order chi connectivity index (χ0) is 24.1. The number of carbonyl (C=O) groups is 2. The largest absolute Gasteiger partial charge is 0.445 e. The molecule has 0 radical (unpaired) electrons. The SMILES string of the molecule is CCCCC(NC(=O)OCc1ccccc1)C(=O)Oc1ccc2c3c(c(=O)oc2c1C)CCC3. The molecule has 0 saturated carbocycles. The summed E-state index contributed by atoms with van der Waals surface area (Å²) in [7, 11) is 0. The van der Waals surface area contributed by atoms with Gasteiger partial charge in [-0.2, -0.15) is 0 Å². The first-order valence-corrected chi connectivity index (χ1v) is 11.7. The van der Waals surface area contributed by atoms with Crippen LogP contribution in [-0.2, 0) is 29.0 Å². The third-order valence-electron chi connectivity index (χ3n) is 6.19. The molecule has 1 unspecified atom stereocenters. The number of carbonyl (C=O) groups excluding carboxylic acids is 2. The fourth-order valence-electron chi connectivity index (χ4n) is 4.32. The molecule has 0 aliphatic heterocycles. The average molecular weight is 464 g/mol. The Hall–Kier alpha value is -3.61. The normalized spacial score (nSPS) is 13.4. The Balaban J connectivity index is 1.48. The lowest BCUT2D eigenvalue weighted by molar-refractivity contribution is -0.136. The highest BCUT2D eigenvalue weighted by atomic mass is 16.6. The first-order chi connectivity index (χ1) is 16.5. The Morgan fingerprint density at radius 2 is 1.85 bits per heavy atom. The van der Waals surface area contributed by atoms with Crippen LogP contribution in [0.5, 0.6) is 5.75 Å². The Bertz CT molecular complexity index is 1250. The van der Waals surface area contributed by atoms with Crippen molar-refractivity contribution in [1.82, 2.24) is 5.32 Å². The highest BCUT2D eigenvalue weighted by molar-refractivity contribution is 5.88. The van der Waals surface area contributed by atoms with Gasteiger partial charge in [0.2, 0.25) is 0 Å². The first kappa shape index (κ1) is 23.5. The van der Waals surface area contributed by atoms with E-state index in [-0.39, 0.29) is 12.2 Å². The molecule has 1 aliphatic carbocycles. The number of esters is 1. The van der Waals surface area contributed by atoms with Crippen LogP contribution >= 0.6 is 0 Å². The van der Waals surface area contributed by atoms with Crippen LogP contribution < -0.4 is 15.7 Å². The highest BCUT2D eigenvalue weighted by Gasteiger charge is 2.26. The molecule has 1 aromatic heterocycles. The molecule has 0 spiro atoms. The Labute approximate surface area is 198 Å². The molecule has 7 heteroatoms. The van der Waals surface area contributed by atoms with E-state index in [1.54, 1.807) is 13.0 Å². The summed E-state index contributed by atoms with van der Waals surface area (Å²) in [5, 5.41) is 3.52. The van der Waals surface area contributed by atoms with Crippen LogP contribution in [-0.4, -0.2) is 18.1 Å². The van der Waals surface area contributed by atoms with E-state index in [1.807, 2.05) is 43.3 Å². The summed E-state index contributed by atoms with van der Waals surface area (Å²) in [6.45, 7) is 3.87. The van der Waals surface area contributed by atoms with Crippen molar-refractivity contribution in [2.75, 3.05) is 0 Å². The smallest absolute Gasteiger partial charge is 0.408 e. The van der Waals surface area contributed by atoms with Gasteiger partial charge in [-0.15, -0.1) is 0 Å². The number of benzene rings is 2. The molecule has 7 nitrogen and oxygen atoms in total. The molecule has 0 bridgehead atoms. The fraction of sp³-hybridized carbons (Fsp3) is 0.370. The van der Waals surface area contributed by atoms with Gasteiger partial charge in [-0.1, -0.05) is 50.1 Å². The van der Waals surface area contributed by atoms with Gasteiger partial charge < -0.3 is 19.2 Å². The first-order valence-electron chi connectivity index (χ1n) is 11.7. The molecule has 4 rings (SSSR count). The maximum Gasteiger partial charge on any atom is 0.408 e. The molecule has 0 fully saturated rings. The van der Waals surface area contributed by atoms with Crippen molar-refractivity contribution in [3.63, 3.8) is 0 Å². The highest BCUT2D eigenvalue weighted by Crippen LogP contribution is 2.33. The van der Waals surface area contributed by atoms with Gasteiger partial charge in [-0.05, 0) is 55.9 Å². The second-order valence-electron chi connectivity index (χ2n) is 8.59. The quantitative estimate of drug-likeness (QED) is 0.288. The van der Waals surface area contributed by atoms with Crippen molar-refractivity contribution in [2.24, 2.45) is 0 Å². The van der Waals surface area contributed by atoms with E-state index in [1.165, 1.54) is 0 Å². The number of hydrogen-bond donors (Lipinski definition) is 1. The van der Waals surface area contributed by atoms with Crippen molar-refractivity contribution in [3.05, 3.63) is 75.1 Å². The van der Waals surface area contributed by atoms with Gasteiger partial charge in [0, 0.05) is 16.5 Å². The summed E-state index contributed by atoms with van der Waals surface area (Å²) in [6, 6.07) is 12.0. The van der Waals surface area contributed by atoms with E-state index in [0.717, 1.165) is 54.2 Å². The topological polar surface area (TPSA) is 94.8 Å². The number of alkyl carbamates (subject to hydrolysis) is 1. The van der Waals surface area contributed by atoms with Crippen LogP contribution in [0.15, 0.2) is 51.7 Å². The van der Waals surface area contributed by atoms with Crippen LogP contribution in [0.2, 0.25) is 0 Å². The molecule has 1 heterocycles. The van der Waals surface area contributed by atoms with Crippen molar-refractivity contribution >= 4 is 23.0 Å². The molecular weight excluding hydrogens is 434 g/mol. The van der Waals surface area contributed by atoms with Crippen molar-refractivity contribution in [2.45, 2.75) is 65.0 Å². The average Bonchev–Trinajstić information content (AvgIpc) is 3.34. The number of amides is 1. The molecule has 3 aromatic rings. The van der Waals surface area contributed by atoms with E-state index in [4.69, 9.17) is 13.9 Å². The van der Waals surface area contributed by atoms with Crippen LogP contribution in [0.4, 0.5) is 4.79 Å². The monoisotopic (exact) mass is 463 g/mol. The van der Waals surface area contributed by atoms with E-state index in [0.29, 0.717) is 23.3 Å². The lowest BCUT2D eigenvalue weighted by atomic mass is 10.0. The molecular formula is C27H29NO6. The zero-order valence-electron chi connectivity index (χ0n) is 19.5. The number of aryl methyl sites for hydroxylation is 2. The molecule has 2 aromatic carbocycles. The summed E-state index contributed by atoms with van der Waals surface area (Å²) >= 11 is 0. The number of unbranched alkanes of at least 4 members (excludes halogenated alkanes) is 1. The predicted octanol–water partition coefficient (Wildman–Crippen LogP) is 4.98. The summed E-state index contributed by atoms with van der Waals surface area (Å²) in [6.07, 6.45) is 3.83. The zero-order valence-corrected chi connectivity index (χ0v) is 19.5. The minimum Gasteiger partial charge on any atom is -0.445 e. The van der Waals surface area contributed by atoms with Crippen molar-refractivity contribution in [3.8, 4) is 5.75 Å². The van der Waals surface area contributed by atoms with Gasteiger partial charge in [0.25, 0.3) is 0 Å². The van der Waals surface area contributed by atoms with Gasteiger partial charge in [0.15, 0.2) is 0 Å². The Morgan fingerprint density at radius 1 is 1.09 bits per heavy atom. The lowest BCUT2D eigenvalue weighted by Gasteiger charge is -2.18. The van der Waals surface area contributed by atoms with Crippen molar-refractivity contribution in [1.29, 1.82) is 0 Å². The van der Waals surface area contributed by atoms with E-state index in [2.05, 4.69) is 5.32 Å². The fourth-order valence-corrected chi connectivity index (χ4v) is 4.32. The number of fused-ring (bicyclic) bond motifs is 3. The third kappa shape index (κ3) is 5.14. The second kappa shape index (κ2) is 10.5. The summed E-state index contributed by atoms with van der Waals surface area (Å²) in [5.74, 6) is -0.282. The van der Waals surface area contributed by atoms with Gasteiger partial charge in [0.1, 0.15) is 24.0 Å². The van der Waals surface area contributed by atoms with E-state index in [9.17, 15) is 14.4 Å². The van der Waals surface area contributed by atoms with Gasteiger partial charge in [0.05, 0.1) is 0 Å². The van der Waals surface area contributed by atoms with E-state index < -0.39 is 18.1 Å². The van der Waals surface area contributed by atoms with Crippen LogP contribution in [0, 0.1) is 6.92 Å². The number of nitrogens with one attached hydrogen (secondary N) is 1. The van der Waals surface area contributed by atoms with Gasteiger partial charge in [-0.3, -0.25) is 0 Å². The van der Waals surface area contributed by atoms with Crippen LogP contribution in [0.1, 0.15) is 54.9 Å². The summed E-state index contributed by atoms with van der Waals surface area (Å²) < 4.78 is 16.5. The van der Waals surface area contributed by atoms with E-state index >= 15 is 0 Å². The predicted molar refractivity (Wildman–Crippen MR) is 128 cm³/mol. The van der Waals surface area contributed by atoms with Gasteiger partial charge in [-0.25, -0.2) is 14.4 Å². The molecule has 1 atom stereocenters. The van der Waals surface area contributed by atoms with Gasteiger partial charge >= 0.3 is 17.7 Å². The Kier molecular flexibility index (Phi) is 7.30. The number of rotatable bonds is 8. The molecule has 1 aliphatic rings. The lowest BCUT2D eigenvalue weighted by Crippen LogP contribution is -2.43. The van der Waals surface area contributed by atoms with Crippen LogP contribution in [0.3, 0.4) is 0 Å². The summed E-state index contributed by atoms with van der Waals surface area (Å²) in [5.41, 5.74) is 3.32. The third-order valence-corrected chi connectivity index (χ3v) is 6.19. The maximum absolute atomic E-state index is 13.0. The molecule has 34 heavy (non-hydrogen) atoms. The standard InChI is InChI=1S/C27H29NO6/c1-3-4-13-22(28-27(31)32-16-18-9-6-5-7-10-18)26(30)33-23-15-14-20-19-11-8-12-21(19)25(29)34-24(20)17(23)2/h5-7,9-10,14-15,22H,3-4,8,11-13,16H2,1-2H3,(H,28,31). The maximum atomic E-state index is 13.0. The minimum absolute atomic E-state index is 0.107. The number of ether oxygens (including phenoxy) is 2. The van der Waals surface area contributed by atoms with Crippen molar-refractivity contribution < 1.29 is 23.5 Å². The second-order valence-corrected chi connectivity index (χ2v) is 8.59. The minimum atomic E-state index is -0.856. The number of hydrogen-bond acceptors (Lipinski definition) is 6. The molecule has 0 saturated heterocycles. The molecule has 178 valence electrons. The Morgan fingerprint density at radius 3 is 2.62 bits per heavy atom.